The van der Waals surface area contributed by atoms with Crippen molar-refractivity contribution in [3.8, 4) is 6.01 Å². The van der Waals surface area contributed by atoms with Crippen molar-refractivity contribution in [3.63, 3.8) is 0 Å². The number of alkyl carbamates (subject to hydrolysis) is 1. The fourth-order valence-electron chi connectivity index (χ4n) is 5.37. The van der Waals surface area contributed by atoms with E-state index in [-0.39, 0.29) is 30.8 Å². The predicted octanol–water partition coefficient (Wildman–Crippen LogP) is 5.19. The molecule has 3 atom stereocenters. The van der Waals surface area contributed by atoms with Gasteiger partial charge in [0.1, 0.15) is 25.7 Å². The van der Waals surface area contributed by atoms with Crippen LogP contribution in [-0.2, 0) is 24.4 Å². The van der Waals surface area contributed by atoms with Gasteiger partial charge in [0.15, 0.2) is 11.6 Å². The molecule has 11 heteroatoms. The van der Waals surface area contributed by atoms with Crippen LogP contribution in [0.15, 0.2) is 48.7 Å². The smallest absolute Gasteiger partial charge is 0.407 e. The van der Waals surface area contributed by atoms with Crippen LogP contribution in [0.5, 0.6) is 6.01 Å². The molecule has 1 amide bonds. The van der Waals surface area contributed by atoms with Gasteiger partial charge in [0.05, 0.1) is 5.69 Å². The van der Waals surface area contributed by atoms with Crippen molar-refractivity contribution >= 4 is 6.09 Å². The second-order valence-corrected chi connectivity index (χ2v) is 9.74. The molecular formula is C28H28F4N4O3. The van der Waals surface area contributed by atoms with Gasteiger partial charge in [-0.05, 0) is 36.5 Å². The summed E-state index contributed by atoms with van der Waals surface area (Å²) in [6.07, 6.45) is 2.47. The van der Waals surface area contributed by atoms with E-state index in [2.05, 4.69) is 20.2 Å². The highest BCUT2D eigenvalue weighted by molar-refractivity contribution is 5.68. The molecule has 0 unspecified atom stereocenters. The Hall–Kier alpha value is -3.73. The molecule has 7 nitrogen and oxygen atoms in total. The summed E-state index contributed by atoms with van der Waals surface area (Å²) in [5.41, 5.74) is 2.52. The standard InChI is InChI=1S/C28H28F4N4O3/c29-8-9-38-27-33-13-18-14-36(15-26(18)34-27)19-6-7-20(21-11-23(31)24(32)12-22(21)30)25(10-19)35-28(37)39-16-17-4-2-1-3-5-17/h1-5,11-13,19-20,25H,6-10,14-16H2,(H,35,37)/t19-,20+,25-/m0/s1. The fraction of sp³-hybridized carbons (Fsp3) is 0.393. The zero-order valence-electron chi connectivity index (χ0n) is 21.1. The van der Waals surface area contributed by atoms with E-state index in [9.17, 15) is 22.4 Å². The van der Waals surface area contributed by atoms with E-state index in [0.29, 0.717) is 38.4 Å². The van der Waals surface area contributed by atoms with Crippen LogP contribution in [0.3, 0.4) is 0 Å². The number of ether oxygens (including phenoxy) is 2. The zero-order valence-corrected chi connectivity index (χ0v) is 21.1. The van der Waals surface area contributed by atoms with Crippen LogP contribution in [0, 0.1) is 17.5 Å². The molecule has 0 saturated heterocycles. The summed E-state index contributed by atoms with van der Waals surface area (Å²) in [5, 5.41) is 2.85. The van der Waals surface area contributed by atoms with Crippen molar-refractivity contribution in [3.05, 3.63) is 88.5 Å². The van der Waals surface area contributed by atoms with Gasteiger partial charge in [-0.1, -0.05) is 30.3 Å². The summed E-state index contributed by atoms with van der Waals surface area (Å²) in [6, 6.07) is 10.1. The first kappa shape index (κ1) is 26.9. The lowest BCUT2D eigenvalue weighted by Crippen LogP contribution is -2.48. The van der Waals surface area contributed by atoms with E-state index in [4.69, 9.17) is 9.47 Å². The molecule has 39 heavy (non-hydrogen) atoms. The zero-order chi connectivity index (χ0) is 27.4. The summed E-state index contributed by atoms with van der Waals surface area (Å²) < 4.78 is 65.6. The monoisotopic (exact) mass is 544 g/mol. The van der Waals surface area contributed by atoms with E-state index in [1.807, 2.05) is 30.3 Å². The molecule has 1 aliphatic heterocycles. The Kier molecular flexibility index (Phi) is 8.25. The van der Waals surface area contributed by atoms with Gasteiger partial charge < -0.3 is 14.8 Å². The first-order valence-electron chi connectivity index (χ1n) is 12.8. The van der Waals surface area contributed by atoms with Crippen LogP contribution in [0.4, 0.5) is 22.4 Å². The van der Waals surface area contributed by atoms with Crippen LogP contribution >= 0.6 is 0 Å². The Labute approximate surface area is 223 Å². The third kappa shape index (κ3) is 6.30. The normalized spacial score (nSPS) is 20.9. The van der Waals surface area contributed by atoms with E-state index in [0.717, 1.165) is 22.9 Å². The first-order chi connectivity index (χ1) is 18.9. The van der Waals surface area contributed by atoms with Crippen molar-refractivity contribution in [2.24, 2.45) is 0 Å². The number of hydrogen-bond acceptors (Lipinski definition) is 6. The average molecular weight is 545 g/mol. The number of fused-ring (bicyclic) bond motifs is 1. The molecule has 2 aromatic carbocycles. The van der Waals surface area contributed by atoms with Crippen molar-refractivity contribution < 1.29 is 31.8 Å². The minimum absolute atomic E-state index is 0.0153. The minimum Gasteiger partial charge on any atom is -0.461 e. The van der Waals surface area contributed by atoms with Gasteiger partial charge in [0.25, 0.3) is 0 Å². The number of carbonyl (C=O) groups excluding carboxylic acids is 1. The third-order valence-electron chi connectivity index (χ3n) is 7.26. The number of nitrogens with one attached hydrogen (secondary N) is 1. The van der Waals surface area contributed by atoms with E-state index < -0.39 is 42.2 Å². The molecule has 1 fully saturated rings. The SMILES string of the molecule is O=C(N[C@H]1C[C@@H](N2Cc3cnc(OCCF)nc3C2)CC[C@@H]1c1cc(F)c(F)cc1F)OCc1ccccc1. The van der Waals surface area contributed by atoms with Crippen molar-refractivity contribution in [1.82, 2.24) is 20.2 Å². The molecule has 1 saturated carbocycles. The van der Waals surface area contributed by atoms with E-state index in [1.54, 1.807) is 6.20 Å². The Morgan fingerprint density at radius 1 is 1.05 bits per heavy atom. The average Bonchev–Trinajstić information content (AvgIpc) is 3.37. The maximum atomic E-state index is 14.8. The number of amides is 1. The third-order valence-corrected chi connectivity index (χ3v) is 7.26. The molecule has 1 aliphatic carbocycles. The van der Waals surface area contributed by atoms with Crippen LogP contribution in [0.25, 0.3) is 0 Å². The fourth-order valence-corrected chi connectivity index (χ4v) is 5.37. The summed E-state index contributed by atoms with van der Waals surface area (Å²) in [4.78, 5) is 23.5. The molecule has 1 N–H and O–H groups in total. The van der Waals surface area contributed by atoms with E-state index in [1.165, 1.54) is 0 Å². The molecule has 3 aromatic rings. The van der Waals surface area contributed by atoms with Crippen LogP contribution in [0.1, 0.15) is 47.6 Å². The second kappa shape index (κ2) is 12.0. The molecule has 2 aliphatic rings. The lowest BCUT2D eigenvalue weighted by molar-refractivity contribution is 0.107. The molecule has 1 aromatic heterocycles. The highest BCUT2D eigenvalue weighted by Crippen LogP contribution is 2.39. The number of carbonyl (C=O) groups is 1. The molecule has 2 heterocycles. The Morgan fingerprint density at radius 3 is 2.64 bits per heavy atom. The number of nitrogens with zero attached hydrogens (tertiary/aromatic N) is 3. The maximum absolute atomic E-state index is 14.8. The van der Waals surface area contributed by atoms with Gasteiger partial charge in [-0.3, -0.25) is 4.90 Å². The highest BCUT2D eigenvalue weighted by Gasteiger charge is 2.39. The first-order valence-corrected chi connectivity index (χ1v) is 12.8. The number of alkyl halides is 1. The topological polar surface area (TPSA) is 76.6 Å². The number of benzene rings is 2. The molecular weight excluding hydrogens is 516 g/mol. The Morgan fingerprint density at radius 2 is 1.85 bits per heavy atom. The molecule has 0 bridgehead atoms. The molecule has 0 spiro atoms. The second-order valence-electron chi connectivity index (χ2n) is 9.74. The van der Waals surface area contributed by atoms with Gasteiger partial charge in [0.2, 0.25) is 0 Å². The summed E-state index contributed by atoms with van der Waals surface area (Å²) in [5.74, 6) is -3.83. The number of hydrogen-bond donors (Lipinski definition) is 1. The lowest BCUT2D eigenvalue weighted by atomic mass is 9.77. The minimum atomic E-state index is -1.26. The van der Waals surface area contributed by atoms with Crippen LogP contribution < -0.4 is 10.1 Å². The van der Waals surface area contributed by atoms with Crippen molar-refractivity contribution in [2.45, 2.75) is 57.0 Å². The number of halogens is 4. The van der Waals surface area contributed by atoms with Gasteiger partial charge in [-0.2, -0.15) is 4.98 Å². The Balaban J connectivity index is 1.31. The van der Waals surface area contributed by atoms with Gasteiger partial charge in [0, 0.05) is 48.9 Å². The predicted molar refractivity (Wildman–Crippen MR) is 133 cm³/mol. The van der Waals surface area contributed by atoms with Gasteiger partial charge in [-0.25, -0.2) is 27.3 Å². The van der Waals surface area contributed by atoms with Crippen LogP contribution in [-0.4, -0.2) is 46.3 Å². The summed E-state index contributed by atoms with van der Waals surface area (Å²) >= 11 is 0. The maximum Gasteiger partial charge on any atom is 0.407 e. The van der Waals surface area contributed by atoms with Crippen molar-refractivity contribution in [2.75, 3.05) is 13.3 Å². The van der Waals surface area contributed by atoms with Gasteiger partial charge >= 0.3 is 12.1 Å². The lowest BCUT2D eigenvalue weighted by Gasteiger charge is -2.40. The van der Waals surface area contributed by atoms with Gasteiger partial charge in [-0.15, -0.1) is 0 Å². The van der Waals surface area contributed by atoms with Crippen LogP contribution in [0.2, 0.25) is 0 Å². The number of aromatic nitrogens is 2. The Bertz CT molecular complexity index is 1310. The summed E-state index contributed by atoms with van der Waals surface area (Å²) in [7, 11) is 0. The largest absolute Gasteiger partial charge is 0.461 e. The van der Waals surface area contributed by atoms with E-state index >= 15 is 0 Å². The quantitative estimate of drug-likeness (QED) is 0.311. The summed E-state index contributed by atoms with van der Waals surface area (Å²) in [6.45, 7) is 0.361. The highest BCUT2D eigenvalue weighted by atomic mass is 19.2. The number of rotatable bonds is 8. The molecule has 5 rings (SSSR count). The molecule has 0 radical (unpaired) electrons. The van der Waals surface area contributed by atoms with Crippen molar-refractivity contribution in [1.29, 1.82) is 0 Å². The molecule has 206 valence electrons.